The SMILES string of the molecule is CC(=O)S.[Si]. The largest absolute Gasteiger partial charge is 0.288 e. The van der Waals surface area contributed by atoms with Crippen LogP contribution in [-0.2, 0) is 4.79 Å². The van der Waals surface area contributed by atoms with Gasteiger partial charge >= 0.3 is 0 Å². The van der Waals surface area contributed by atoms with Crippen molar-refractivity contribution in [1.29, 1.82) is 0 Å². The average Bonchev–Trinajstić information content (AvgIpc) is 0.811. The Morgan fingerprint density at radius 3 is 1.80 bits per heavy atom. The normalized spacial score (nSPS) is 5.20. The third-order valence-electron chi connectivity index (χ3n) is 0. The van der Waals surface area contributed by atoms with Gasteiger partial charge in [0, 0.05) is 17.9 Å². The van der Waals surface area contributed by atoms with E-state index < -0.39 is 0 Å². The Hall–Kier alpha value is 0.237. The first kappa shape index (κ1) is 8.97. The summed E-state index contributed by atoms with van der Waals surface area (Å²) < 4.78 is 0. The van der Waals surface area contributed by atoms with Crippen molar-refractivity contribution >= 4 is 28.7 Å². The van der Waals surface area contributed by atoms with Crippen LogP contribution >= 0.6 is 12.6 Å². The van der Waals surface area contributed by atoms with Gasteiger partial charge in [-0.2, -0.15) is 0 Å². The van der Waals surface area contributed by atoms with E-state index in [0.717, 1.165) is 0 Å². The summed E-state index contributed by atoms with van der Waals surface area (Å²) >= 11 is 3.33. The first-order chi connectivity index (χ1) is 1.73. The van der Waals surface area contributed by atoms with Crippen LogP contribution in [0.3, 0.4) is 0 Å². The summed E-state index contributed by atoms with van der Waals surface area (Å²) in [7, 11) is 0. The van der Waals surface area contributed by atoms with Crippen molar-refractivity contribution in [3.63, 3.8) is 0 Å². The molecule has 0 atom stereocenters. The third-order valence-corrected chi connectivity index (χ3v) is 0. The van der Waals surface area contributed by atoms with E-state index in [2.05, 4.69) is 12.6 Å². The molecule has 0 spiro atoms. The van der Waals surface area contributed by atoms with Crippen LogP contribution in [-0.4, -0.2) is 16.1 Å². The number of hydrogen-bond donors (Lipinski definition) is 1. The third kappa shape index (κ3) is 378. The van der Waals surface area contributed by atoms with Gasteiger partial charge in [-0.25, -0.2) is 0 Å². The van der Waals surface area contributed by atoms with Gasteiger partial charge in [0.15, 0.2) is 5.12 Å². The van der Waals surface area contributed by atoms with E-state index in [1.807, 2.05) is 0 Å². The number of carbonyl (C=O) groups excluding carboxylic acids is 1. The second-order valence-electron chi connectivity index (χ2n) is 0.519. The molecule has 0 aliphatic carbocycles. The molecule has 0 aliphatic heterocycles. The molecule has 0 unspecified atom stereocenters. The molecule has 0 saturated carbocycles. The molecule has 3 heteroatoms. The molecule has 0 amide bonds. The van der Waals surface area contributed by atoms with Crippen LogP contribution in [0.25, 0.3) is 0 Å². The summed E-state index contributed by atoms with van der Waals surface area (Å²) in [5.41, 5.74) is 0. The molecule has 0 saturated heterocycles. The van der Waals surface area contributed by atoms with Gasteiger partial charge in [-0.05, 0) is 0 Å². The van der Waals surface area contributed by atoms with Gasteiger partial charge < -0.3 is 0 Å². The highest BCUT2D eigenvalue weighted by Gasteiger charge is 1.63. The van der Waals surface area contributed by atoms with Gasteiger partial charge in [0.25, 0.3) is 0 Å². The fourth-order valence-corrected chi connectivity index (χ4v) is 0. The van der Waals surface area contributed by atoms with Crippen molar-refractivity contribution < 1.29 is 4.79 Å². The van der Waals surface area contributed by atoms with Gasteiger partial charge in [-0.3, -0.25) is 4.79 Å². The maximum absolute atomic E-state index is 9.31. The summed E-state index contributed by atoms with van der Waals surface area (Å²) in [5.74, 6) is 0. The maximum Gasteiger partial charge on any atom is 0.182 e. The van der Waals surface area contributed by atoms with Crippen molar-refractivity contribution in [1.82, 2.24) is 0 Å². The average molecular weight is 104 g/mol. The molecule has 0 aromatic rings. The van der Waals surface area contributed by atoms with Crippen LogP contribution in [0.1, 0.15) is 6.92 Å². The van der Waals surface area contributed by atoms with Crippen LogP contribution < -0.4 is 0 Å². The predicted molar refractivity (Wildman–Crippen MR) is 25.4 cm³/mol. The second-order valence-corrected chi connectivity index (χ2v) is 1.15. The van der Waals surface area contributed by atoms with E-state index >= 15 is 0 Å². The maximum atomic E-state index is 9.31. The van der Waals surface area contributed by atoms with Crippen molar-refractivity contribution in [3.05, 3.63) is 0 Å². The molecule has 0 aromatic heterocycles. The molecule has 5 heavy (non-hydrogen) atoms. The first-order valence-electron chi connectivity index (χ1n) is 0.928. The number of carbonyl (C=O) groups is 1. The Morgan fingerprint density at radius 1 is 1.80 bits per heavy atom. The summed E-state index contributed by atoms with van der Waals surface area (Å²) in [4.78, 5) is 9.31. The summed E-state index contributed by atoms with van der Waals surface area (Å²) in [6.07, 6.45) is 0. The predicted octanol–water partition coefficient (Wildman–Crippen LogP) is 0.0819. The Morgan fingerprint density at radius 2 is 1.80 bits per heavy atom. The molecular formula is C2H4OSSi. The lowest BCUT2D eigenvalue weighted by Crippen LogP contribution is -1.62. The quantitative estimate of drug-likeness (QED) is 0.340. The number of rotatable bonds is 0. The van der Waals surface area contributed by atoms with E-state index in [-0.39, 0.29) is 16.1 Å². The van der Waals surface area contributed by atoms with Crippen LogP contribution in [0.4, 0.5) is 0 Å². The number of hydrogen-bond acceptors (Lipinski definition) is 1. The van der Waals surface area contributed by atoms with Crippen LogP contribution in [0, 0.1) is 0 Å². The molecule has 0 aliphatic rings. The molecule has 1 nitrogen and oxygen atoms in total. The minimum Gasteiger partial charge on any atom is -0.288 e. The second kappa shape index (κ2) is 4.24. The van der Waals surface area contributed by atoms with Gasteiger partial charge in [0.2, 0.25) is 0 Å². The highest BCUT2D eigenvalue weighted by Crippen LogP contribution is 1.66. The zero-order valence-electron chi connectivity index (χ0n) is 2.86. The molecule has 0 rings (SSSR count). The lowest BCUT2D eigenvalue weighted by Gasteiger charge is -1.55. The highest BCUT2D eigenvalue weighted by atomic mass is 32.1. The molecule has 0 heterocycles. The summed E-state index contributed by atoms with van der Waals surface area (Å²) in [6, 6.07) is 0. The van der Waals surface area contributed by atoms with Gasteiger partial charge in [0.05, 0.1) is 0 Å². The summed E-state index contributed by atoms with van der Waals surface area (Å²) in [6.45, 7) is 1.39. The van der Waals surface area contributed by atoms with Crippen molar-refractivity contribution in [2.45, 2.75) is 6.92 Å². The molecule has 0 fully saturated rings. The standard InChI is InChI=1S/C2H4OS.Si/c1-2(3)4;/h1H3,(H,3,4);. The van der Waals surface area contributed by atoms with Crippen molar-refractivity contribution in [3.8, 4) is 0 Å². The Labute approximate surface area is 41.2 Å². The topological polar surface area (TPSA) is 17.1 Å². The smallest absolute Gasteiger partial charge is 0.182 e. The van der Waals surface area contributed by atoms with Crippen LogP contribution in [0.15, 0.2) is 0 Å². The van der Waals surface area contributed by atoms with Gasteiger partial charge in [-0.1, -0.05) is 0 Å². The summed E-state index contributed by atoms with van der Waals surface area (Å²) in [5, 5.41) is -0.139. The Balaban J connectivity index is 0. The fourth-order valence-electron chi connectivity index (χ4n) is 0. The fraction of sp³-hybridized carbons (Fsp3) is 0.500. The molecule has 4 radical (unpaired) electrons. The monoisotopic (exact) mass is 104 g/mol. The highest BCUT2D eigenvalue weighted by molar-refractivity contribution is 7.96. The molecular weight excluding hydrogens is 100 g/mol. The minimum absolute atomic E-state index is 0. The zero-order chi connectivity index (χ0) is 3.58. The van der Waals surface area contributed by atoms with Gasteiger partial charge in [0.1, 0.15) is 0 Å². The first-order valence-corrected chi connectivity index (χ1v) is 1.37. The van der Waals surface area contributed by atoms with E-state index in [9.17, 15) is 4.79 Å². The van der Waals surface area contributed by atoms with E-state index in [4.69, 9.17) is 0 Å². The molecule has 0 bridgehead atoms. The lowest BCUT2D eigenvalue weighted by atomic mass is 10.9. The van der Waals surface area contributed by atoms with Crippen LogP contribution in [0.2, 0.25) is 0 Å². The van der Waals surface area contributed by atoms with Crippen molar-refractivity contribution in [2.24, 2.45) is 0 Å². The zero-order valence-corrected chi connectivity index (χ0v) is 4.75. The Kier molecular flexibility index (Phi) is 7.60. The van der Waals surface area contributed by atoms with Gasteiger partial charge in [-0.15, -0.1) is 12.6 Å². The molecule has 0 N–H and O–H groups in total. The minimum atomic E-state index is -0.139. The van der Waals surface area contributed by atoms with Crippen molar-refractivity contribution in [2.75, 3.05) is 0 Å². The van der Waals surface area contributed by atoms with E-state index in [1.54, 1.807) is 0 Å². The van der Waals surface area contributed by atoms with E-state index in [1.165, 1.54) is 6.92 Å². The molecule has 28 valence electrons. The van der Waals surface area contributed by atoms with E-state index in [0.29, 0.717) is 0 Å². The molecule has 0 aromatic carbocycles. The number of thiol groups is 1. The Bertz CT molecular complexity index is 32.6. The lowest BCUT2D eigenvalue weighted by molar-refractivity contribution is -0.108. The van der Waals surface area contributed by atoms with Crippen LogP contribution in [0.5, 0.6) is 0 Å².